The Hall–Kier alpha value is -0.280. The zero-order chi connectivity index (χ0) is 19.3. The summed E-state index contributed by atoms with van der Waals surface area (Å²) in [4.78, 5) is 0. The highest BCUT2D eigenvalue weighted by molar-refractivity contribution is 4.50. The van der Waals surface area contributed by atoms with Crippen LogP contribution in [0, 0.1) is 5.92 Å². The second-order valence-corrected chi connectivity index (χ2v) is 6.64. The van der Waals surface area contributed by atoms with Gasteiger partial charge in [0.2, 0.25) is 0 Å². The topological polar surface area (TPSA) is 67.4 Å². The molecule has 0 atom stereocenters. The van der Waals surface area contributed by atoms with E-state index in [0.29, 0.717) is 84.6 Å². The van der Waals surface area contributed by atoms with Crippen molar-refractivity contribution in [3.63, 3.8) is 0 Å². The van der Waals surface area contributed by atoms with Gasteiger partial charge in [-0.15, -0.1) is 0 Å². The van der Waals surface area contributed by atoms with Crippen LogP contribution in [0.2, 0.25) is 0 Å². The lowest BCUT2D eigenvalue weighted by Gasteiger charge is -2.09. The van der Waals surface area contributed by atoms with Crippen molar-refractivity contribution in [2.45, 2.75) is 33.7 Å². The molecule has 0 aliphatic heterocycles. The van der Waals surface area contributed by atoms with Gasteiger partial charge < -0.3 is 33.7 Å². The summed E-state index contributed by atoms with van der Waals surface area (Å²) >= 11 is 0. The first-order valence-electron chi connectivity index (χ1n) is 9.82. The SMILES string of the molecule is CC(C)COCCOCCOCCOCCOCCOCCNC(C)C. The molecule has 0 aromatic carbocycles. The third kappa shape index (κ3) is 23.7. The fraction of sp³-hybridized carbons (Fsp3) is 1.00. The van der Waals surface area contributed by atoms with Crippen LogP contribution in [0.1, 0.15) is 27.7 Å². The van der Waals surface area contributed by atoms with Crippen LogP contribution in [-0.4, -0.2) is 91.9 Å². The molecule has 0 saturated heterocycles. The second-order valence-electron chi connectivity index (χ2n) is 6.64. The quantitative estimate of drug-likeness (QED) is 0.305. The highest BCUT2D eigenvalue weighted by Crippen LogP contribution is 1.92. The summed E-state index contributed by atoms with van der Waals surface area (Å²) in [7, 11) is 0. The third-order valence-electron chi connectivity index (χ3n) is 3.11. The predicted octanol–water partition coefficient (Wildman–Crippen LogP) is 1.74. The van der Waals surface area contributed by atoms with Crippen LogP contribution in [0.3, 0.4) is 0 Å². The minimum absolute atomic E-state index is 0.498. The maximum Gasteiger partial charge on any atom is 0.0701 e. The average Bonchev–Trinajstić information content (AvgIpc) is 2.59. The van der Waals surface area contributed by atoms with Gasteiger partial charge in [0.15, 0.2) is 0 Å². The van der Waals surface area contributed by atoms with Gasteiger partial charge in [0.05, 0.1) is 72.7 Å². The molecule has 26 heavy (non-hydrogen) atoms. The maximum absolute atomic E-state index is 5.44. The van der Waals surface area contributed by atoms with Crippen LogP contribution in [-0.2, 0) is 28.4 Å². The molecule has 0 fully saturated rings. The molecule has 0 spiro atoms. The zero-order valence-electron chi connectivity index (χ0n) is 17.3. The van der Waals surface area contributed by atoms with Crippen LogP contribution in [0.4, 0.5) is 0 Å². The number of hydrogen-bond acceptors (Lipinski definition) is 7. The van der Waals surface area contributed by atoms with Gasteiger partial charge in [0.25, 0.3) is 0 Å². The largest absolute Gasteiger partial charge is 0.379 e. The normalized spacial score (nSPS) is 11.8. The number of rotatable bonds is 21. The molecule has 1 N–H and O–H groups in total. The fourth-order valence-electron chi connectivity index (χ4n) is 1.84. The van der Waals surface area contributed by atoms with E-state index in [4.69, 9.17) is 28.4 Å². The van der Waals surface area contributed by atoms with Crippen molar-refractivity contribution >= 4 is 0 Å². The molecular weight excluding hydrogens is 338 g/mol. The molecule has 7 nitrogen and oxygen atoms in total. The van der Waals surface area contributed by atoms with Crippen molar-refractivity contribution in [2.75, 3.05) is 85.8 Å². The molecule has 0 aromatic heterocycles. The lowest BCUT2D eigenvalue weighted by Crippen LogP contribution is -2.27. The Balaban J connectivity index is 2.99. The lowest BCUT2D eigenvalue weighted by molar-refractivity contribution is -0.0177. The molecule has 0 aromatic rings. The summed E-state index contributed by atoms with van der Waals surface area (Å²) in [6, 6.07) is 0.498. The summed E-state index contributed by atoms with van der Waals surface area (Å²) < 4.78 is 32.5. The van der Waals surface area contributed by atoms with E-state index in [1.165, 1.54) is 0 Å². The van der Waals surface area contributed by atoms with Gasteiger partial charge in [-0.1, -0.05) is 27.7 Å². The third-order valence-corrected chi connectivity index (χ3v) is 3.11. The molecule has 158 valence electrons. The first-order chi connectivity index (χ1) is 12.6. The minimum Gasteiger partial charge on any atom is -0.379 e. The van der Waals surface area contributed by atoms with E-state index in [1.54, 1.807) is 0 Å². The first-order valence-corrected chi connectivity index (χ1v) is 9.82. The standard InChI is InChI=1S/C19H41NO6/c1-18(2)17-26-16-15-25-14-13-24-12-11-23-10-9-22-8-7-21-6-5-20-19(3)4/h18-20H,5-17H2,1-4H3. The molecule has 0 saturated carbocycles. The van der Waals surface area contributed by atoms with Crippen molar-refractivity contribution in [1.29, 1.82) is 0 Å². The van der Waals surface area contributed by atoms with E-state index >= 15 is 0 Å². The number of nitrogens with one attached hydrogen (secondary N) is 1. The summed E-state index contributed by atoms with van der Waals surface area (Å²) in [6.07, 6.45) is 0. The Bertz CT molecular complexity index is 240. The Labute approximate surface area is 160 Å². The van der Waals surface area contributed by atoms with Gasteiger partial charge in [-0.25, -0.2) is 0 Å². The fourth-order valence-corrected chi connectivity index (χ4v) is 1.84. The molecule has 0 aliphatic carbocycles. The number of hydrogen-bond donors (Lipinski definition) is 1. The Morgan fingerprint density at radius 2 is 0.846 bits per heavy atom. The van der Waals surface area contributed by atoms with E-state index in [2.05, 4.69) is 33.0 Å². The Morgan fingerprint density at radius 1 is 0.500 bits per heavy atom. The van der Waals surface area contributed by atoms with Crippen LogP contribution in [0.5, 0.6) is 0 Å². The minimum atomic E-state index is 0.498. The summed E-state index contributed by atoms with van der Waals surface area (Å²) in [5.74, 6) is 0.564. The van der Waals surface area contributed by atoms with Gasteiger partial charge in [-0.3, -0.25) is 0 Å². The van der Waals surface area contributed by atoms with Crippen LogP contribution in [0.25, 0.3) is 0 Å². The zero-order valence-corrected chi connectivity index (χ0v) is 17.3. The monoisotopic (exact) mass is 379 g/mol. The van der Waals surface area contributed by atoms with Crippen LogP contribution < -0.4 is 5.32 Å². The van der Waals surface area contributed by atoms with E-state index in [9.17, 15) is 0 Å². The second kappa shape index (κ2) is 21.0. The van der Waals surface area contributed by atoms with E-state index in [1.807, 2.05) is 0 Å². The van der Waals surface area contributed by atoms with E-state index in [0.717, 1.165) is 13.2 Å². The van der Waals surface area contributed by atoms with Gasteiger partial charge in [0.1, 0.15) is 0 Å². The van der Waals surface area contributed by atoms with Crippen molar-refractivity contribution in [3.05, 3.63) is 0 Å². The van der Waals surface area contributed by atoms with Gasteiger partial charge in [-0.05, 0) is 5.92 Å². The van der Waals surface area contributed by atoms with Gasteiger partial charge in [-0.2, -0.15) is 0 Å². The van der Waals surface area contributed by atoms with Crippen molar-refractivity contribution in [1.82, 2.24) is 5.32 Å². The highest BCUT2D eigenvalue weighted by atomic mass is 16.6. The lowest BCUT2D eigenvalue weighted by atomic mass is 10.2. The van der Waals surface area contributed by atoms with Gasteiger partial charge in [0, 0.05) is 19.2 Å². The summed E-state index contributed by atoms with van der Waals surface area (Å²) in [5.41, 5.74) is 0. The summed E-state index contributed by atoms with van der Waals surface area (Å²) in [6.45, 7) is 16.8. The number of ether oxygens (including phenoxy) is 6. The smallest absolute Gasteiger partial charge is 0.0701 e. The molecule has 0 radical (unpaired) electrons. The van der Waals surface area contributed by atoms with Gasteiger partial charge >= 0.3 is 0 Å². The van der Waals surface area contributed by atoms with Crippen molar-refractivity contribution in [2.24, 2.45) is 5.92 Å². The molecule has 0 heterocycles. The van der Waals surface area contributed by atoms with Crippen LogP contribution >= 0.6 is 0 Å². The maximum atomic E-state index is 5.44. The van der Waals surface area contributed by atoms with Crippen molar-refractivity contribution in [3.8, 4) is 0 Å². The Kier molecular flexibility index (Phi) is 20.8. The average molecular weight is 380 g/mol. The first kappa shape index (κ1) is 25.7. The van der Waals surface area contributed by atoms with E-state index < -0.39 is 0 Å². The molecule has 0 bridgehead atoms. The van der Waals surface area contributed by atoms with Crippen molar-refractivity contribution < 1.29 is 28.4 Å². The Morgan fingerprint density at radius 3 is 1.19 bits per heavy atom. The molecular formula is C19H41NO6. The predicted molar refractivity (Wildman–Crippen MR) is 103 cm³/mol. The molecule has 7 heteroatoms. The molecule has 0 aliphatic rings. The summed E-state index contributed by atoms with van der Waals surface area (Å²) in [5, 5.41) is 3.29. The molecule has 0 amide bonds. The molecule has 0 unspecified atom stereocenters. The highest BCUT2D eigenvalue weighted by Gasteiger charge is 1.96. The molecule has 0 rings (SSSR count). The van der Waals surface area contributed by atoms with Crippen LogP contribution in [0.15, 0.2) is 0 Å². The van der Waals surface area contributed by atoms with E-state index in [-0.39, 0.29) is 0 Å².